The minimum Gasteiger partial charge on any atom is -0.489 e. The molecule has 0 radical (unpaired) electrons. The molecule has 10 heteroatoms. The first kappa shape index (κ1) is 24.5. The van der Waals surface area contributed by atoms with E-state index in [2.05, 4.69) is 10.4 Å². The Morgan fingerprint density at radius 1 is 1.17 bits per heavy atom. The van der Waals surface area contributed by atoms with Gasteiger partial charge in [-0.1, -0.05) is 18.2 Å². The molecule has 0 bridgehead atoms. The quantitative estimate of drug-likeness (QED) is 0.542. The Morgan fingerprint density at radius 3 is 2.71 bits per heavy atom. The lowest BCUT2D eigenvalue weighted by atomic mass is 10.1. The molecule has 1 unspecified atom stereocenters. The molecule has 2 aromatic carbocycles. The third-order valence-corrected chi connectivity index (χ3v) is 5.57. The Morgan fingerprint density at radius 2 is 1.97 bits per heavy atom. The number of carbonyl (C=O) groups excluding carboxylic acids is 1. The highest BCUT2D eigenvalue weighted by atomic mass is 19.4. The van der Waals surface area contributed by atoms with E-state index < -0.39 is 28.8 Å². The minimum absolute atomic E-state index is 0.0362. The van der Waals surface area contributed by atoms with Gasteiger partial charge in [0, 0.05) is 18.4 Å². The summed E-state index contributed by atoms with van der Waals surface area (Å²) >= 11 is 0. The fourth-order valence-corrected chi connectivity index (χ4v) is 3.78. The summed E-state index contributed by atoms with van der Waals surface area (Å²) in [4.78, 5) is 25.5. The molecule has 1 N–H and O–H groups in total. The molecule has 1 fully saturated rings. The van der Waals surface area contributed by atoms with Gasteiger partial charge in [0.05, 0.1) is 23.0 Å². The predicted molar refractivity (Wildman–Crippen MR) is 123 cm³/mol. The maximum atomic E-state index is 13.2. The maximum Gasteiger partial charge on any atom is 0.416 e. The molecule has 0 saturated carbocycles. The van der Waals surface area contributed by atoms with E-state index in [0.717, 1.165) is 42.1 Å². The second-order valence-corrected chi connectivity index (χ2v) is 8.21. The number of alkyl halides is 3. The molecule has 0 spiro atoms. The van der Waals surface area contributed by atoms with Crippen LogP contribution in [0.2, 0.25) is 0 Å². The van der Waals surface area contributed by atoms with Crippen molar-refractivity contribution in [3.8, 4) is 11.4 Å². The highest BCUT2D eigenvalue weighted by Crippen LogP contribution is 2.30. The van der Waals surface area contributed by atoms with Crippen LogP contribution in [-0.2, 0) is 10.9 Å². The van der Waals surface area contributed by atoms with Crippen molar-refractivity contribution < 1.29 is 27.4 Å². The summed E-state index contributed by atoms with van der Waals surface area (Å²) in [5, 5.41) is 6.70. The summed E-state index contributed by atoms with van der Waals surface area (Å²) in [5.74, 6) is -0.402. The summed E-state index contributed by atoms with van der Waals surface area (Å²) in [7, 11) is 0. The maximum absolute atomic E-state index is 13.2. The zero-order valence-corrected chi connectivity index (χ0v) is 19.0. The average molecular weight is 487 g/mol. The lowest BCUT2D eigenvalue weighted by Gasteiger charge is -2.23. The third kappa shape index (κ3) is 5.89. The fraction of sp³-hybridized carbons (Fsp3) is 0.320. The van der Waals surface area contributed by atoms with Crippen LogP contribution in [0, 0.1) is 6.92 Å². The summed E-state index contributed by atoms with van der Waals surface area (Å²) in [6.07, 6.45) is -1.62. The van der Waals surface area contributed by atoms with Gasteiger partial charge in [-0.2, -0.15) is 18.3 Å². The van der Waals surface area contributed by atoms with Crippen molar-refractivity contribution in [2.75, 3.05) is 18.5 Å². The van der Waals surface area contributed by atoms with E-state index >= 15 is 0 Å². The van der Waals surface area contributed by atoms with Gasteiger partial charge in [-0.3, -0.25) is 9.59 Å². The van der Waals surface area contributed by atoms with Crippen LogP contribution in [0.5, 0.6) is 5.75 Å². The van der Waals surface area contributed by atoms with Crippen molar-refractivity contribution in [2.45, 2.75) is 38.5 Å². The minimum atomic E-state index is -4.55. The first-order valence-electron chi connectivity index (χ1n) is 11.2. The van der Waals surface area contributed by atoms with Crippen LogP contribution in [0.1, 0.15) is 41.0 Å². The van der Waals surface area contributed by atoms with Gasteiger partial charge in [0.2, 0.25) is 5.43 Å². The van der Waals surface area contributed by atoms with Gasteiger partial charge in [-0.05, 0) is 56.5 Å². The van der Waals surface area contributed by atoms with Crippen molar-refractivity contribution in [2.24, 2.45) is 0 Å². The van der Waals surface area contributed by atoms with Gasteiger partial charge in [0.15, 0.2) is 5.69 Å². The number of amides is 1. The van der Waals surface area contributed by atoms with E-state index in [1.807, 2.05) is 0 Å². The topological polar surface area (TPSA) is 82.5 Å². The van der Waals surface area contributed by atoms with Crippen molar-refractivity contribution in [1.29, 1.82) is 0 Å². The number of nitrogens with zero attached hydrogens (tertiary/aromatic N) is 2. The molecular formula is C25H24F3N3O4. The number of para-hydroxylation sites is 2. The van der Waals surface area contributed by atoms with Crippen molar-refractivity contribution in [3.63, 3.8) is 0 Å². The van der Waals surface area contributed by atoms with E-state index in [1.165, 1.54) is 19.1 Å². The Balaban J connectivity index is 1.58. The van der Waals surface area contributed by atoms with Crippen LogP contribution in [0.15, 0.2) is 59.4 Å². The lowest BCUT2D eigenvalue weighted by Crippen LogP contribution is -2.28. The van der Waals surface area contributed by atoms with Crippen LogP contribution in [0.4, 0.5) is 18.9 Å². The Bertz CT molecular complexity index is 1270. The molecule has 1 amide bonds. The Kier molecular flexibility index (Phi) is 7.20. The SMILES string of the molecule is Cc1cc(=O)c(C(=O)Nc2ccccc2OCC2CCCCO2)nn1-c1cccc(C(F)(F)F)c1. The molecule has 4 rings (SSSR count). The molecule has 184 valence electrons. The van der Waals surface area contributed by atoms with Gasteiger partial charge in [-0.25, -0.2) is 4.68 Å². The van der Waals surface area contributed by atoms with Gasteiger partial charge in [0.1, 0.15) is 12.4 Å². The van der Waals surface area contributed by atoms with Crippen LogP contribution in [0.3, 0.4) is 0 Å². The number of ether oxygens (including phenoxy) is 2. The number of benzene rings is 2. The third-order valence-electron chi connectivity index (χ3n) is 5.57. The van der Waals surface area contributed by atoms with E-state index in [-0.39, 0.29) is 17.5 Å². The molecule has 1 aromatic heterocycles. The van der Waals surface area contributed by atoms with Gasteiger partial charge < -0.3 is 14.8 Å². The molecule has 2 heterocycles. The van der Waals surface area contributed by atoms with Crippen LogP contribution < -0.4 is 15.5 Å². The number of hydrogen-bond acceptors (Lipinski definition) is 5. The number of hydrogen-bond donors (Lipinski definition) is 1. The summed E-state index contributed by atoms with van der Waals surface area (Å²) in [6, 6.07) is 12.4. The van der Waals surface area contributed by atoms with E-state index in [9.17, 15) is 22.8 Å². The van der Waals surface area contributed by atoms with E-state index in [1.54, 1.807) is 24.3 Å². The number of carbonyl (C=O) groups is 1. The molecule has 1 aliphatic rings. The number of nitrogens with one attached hydrogen (secondary N) is 1. The van der Waals surface area contributed by atoms with Crippen molar-refractivity contribution in [1.82, 2.24) is 9.78 Å². The molecule has 1 saturated heterocycles. The van der Waals surface area contributed by atoms with E-state index in [4.69, 9.17) is 9.47 Å². The fourth-order valence-electron chi connectivity index (χ4n) is 3.78. The Hall–Kier alpha value is -3.66. The number of halogens is 3. The van der Waals surface area contributed by atoms with Crippen molar-refractivity contribution >= 4 is 11.6 Å². The summed E-state index contributed by atoms with van der Waals surface area (Å²) in [6.45, 7) is 2.52. The Labute approximate surface area is 199 Å². The second kappa shape index (κ2) is 10.3. The number of anilines is 1. The lowest BCUT2D eigenvalue weighted by molar-refractivity contribution is -0.137. The first-order valence-corrected chi connectivity index (χ1v) is 11.2. The summed E-state index contributed by atoms with van der Waals surface area (Å²) < 4.78 is 52.1. The molecule has 0 aliphatic carbocycles. The molecule has 35 heavy (non-hydrogen) atoms. The van der Waals surface area contributed by atoms with Crippen molar-refractivity contribution in [3.05, 3.63) is 81.8 Å². The number of aromatic nitrogens is 2. The highest BCUT2D eigenvalue weighted by Gasteiger charge is 2.30. The van der Waals surface area contributed by atoms with Gasteiger partial charge in [0.25, 0.3) is 5.91 Å². The normalized spacial score (nSPS) is 16.1. The first-order chi connectivity index (χ1) is 16.7. The predicted octanol–water partition coefficient (Wildman–Crippen LogP) is 4.76. The molecular weight excluding hydrogens is 463 g/mol. The number of aryl methyl sites for hydroxylation is 1. The van der Waals surface area contributed by atoms with Crippen LogP contribution in [-0.4, -0.2) is 35.0 Å². The smallest absolute Gasteiger partial charge is 0.416 e. The summed E-state index contributed by atoms with van der Waals surface area (Å²) in [5.41, 5.74) is -1.30. The highest BCUT2D eigenvalue weighted by molar-refractivity contribution is 6.03. The van der Waals surface area contributed by atoms with E-state index in [0.29, 0.717) is 24.7 Å². The number of rotatable bonds is 6. The molecule has 1 atom stereocenters. The van der Waals surface area contributed by atoms with Gasteiger partial charge >= 0.3 is 6.18 Å². The molecule has 1 aliphatic heterocycles. The molecule has 3 aromatic rings. The zero-order valence-electron chi connectivity index (χ0n) is 19.0. The monoisotopic (exact) mass is 487 g/mol. The largest absolute Gasteiger partial charge is 0.489 e. The zero-order chi connectivity index (χ0) is 25.0. The second-order valence-electron chi connectivity index (χ2n) is 8.21. The van der Waals surface area contributed by atoms with Crippen LogP contribution >= 0.6 is 0 Å². The van der Waals surface area contributed by atoms with Crippen LogP contribution in [0.25, 0.3) is 5.69 Å². The molecule has 7 nitrogen and oxygen atoms in total. The standard InChI is InChI=1S/C25H24F3N3O4/c1-16-13-21(32)23(30-31(16)18-8-6-7-17(14-18)25(26,27)28)24(33)29-20-10-2-3-11-22(20)35-15-19-9-4-5-12-34-19/h2-3,6-8,10-11,13-14,19H,4-5,9,12,15H2,1H3,(H,29,33). The average Bonchev–Trinajstić information content (AvgIpc) is 2.83. The van der Waals surface area contributed by atoms with Gasteiger partial charge in [-0.15, -0.1) is 0 Å².